The number of hydrogen-bond donors (Lipinski definition) is 1. The third-order valence-electron chi connectivity index (χ3n) is 7.86. The van der Waals surface area contributed by atoms with E-state index in [4.69, 9.17) is 23.2 Å². The summed E-state index contributed by atoms with van der Waals surface area (Å²) in [6, 6.07) is 16.2. The fourth-order valence-corrected chi connectivity index (χ4v) is 7.52. The Bertz CT molecular complexity index is 1530. The molecule has 1 N–H and O–H groups in total. The van der Waals surface area contributed by atoms with Gasteiger partial charge in [0, 0.05) is 28.2 Å². The first kappa shape index (κ1) is 32.8. The molecule has 3 aromatic carbocycles. The SMILES string of the molecule is CC[C@H](C(=O)NC1CCCC1)N(Cc1c(Cl)cccc1Cl)C(=O)CN(c1cc(C)cc(C)c1)S(=O)(=O)c1ccc(C)cc1. The predicted molar refractivity (Wildman–Crippen MR) is 173 cm³/mol. The number of benzene rings is 3. The number of carbonyl (C=O) groups excluding carboxylic acids is 2. The van der Waals surface area contributed by atoms with Crippen LogP contribution in [0.1, 0.15) is 61.3 Å². The van der Waals surface area contributed by atoms with Gasteiger partial charge in [-0.25, -0.2) is 8.42 Å². The van der Waals surface area contributed by atoms with Gasteiger partial charge in [0.2, 0.25) is 11.8 Å². The smallest absolute Gasteiger partial charge is 0.264 e. The maximum absolute atomic E-state index is 14.4. The Morgan fingerprint density at radius 3 is 2.05 bits per heavy atom. The first-order valence-corrected chi connectivity index (χ1v) is 16.8. The van der Waals surface area contributed by atoms with Crippen molar-refractivity contribution in [2.75, 3.05) is 10.8 Å². The fraction of sp³-hybridized carbons (Fsp3) is 0.394. The number of halogens is 2. The number of hydrogen-bond acceptors (Lipinski definition) is 4. The van der Waals surface area contributed by atoms with Crippen LogP contribution in [0.25, 0.3) is 0 Å². The van der Waals surface area contributed by atoms with Gasteiger partial charge in [0.25, 0.3) is 10.0 Å². The molecule has 1 saturated carbocycles. The molecule has 0 radical (unpaired) electrons. The van der Waals surface area contributed by atoms with E-state index in [0.717, 1.165) is 46.7 Å². The Labute approximate surface area is 265 Å². The van der Waals surface area contributed by atoms with E-state index < -0.39 is 28.5 Å². The van der Waals surface area contributed by atoms with Crippen LogP contribution >= 0.6 is 23.2 Å². The fourth-order valence-electron chi connectivity index (χ4n) is 5.60. The molecule has 4 rings (SSSR count). The largest absolute Gasteiger partial charge is 0.352 e. The third kappa shape index (κ3) is 7.91. The van der Waals surface area contributed by atoms with Crippen LogP contribution in [0.4, 0.5) is 5.69 Å². The zero-order valence-corrected chi connectivity index (χ0v) is 27.4. The minimum Gasteiger partial charge on any atom is -0.352 e. The molecule has 1 aliphatic carbocycles. The van der Waals surface area contributed by atoms with Crippen molar-refractivity contribution in [1.29, 1.82) is 0 Å². The predicted octanol–water partition coefficient (Wildman–Crippen LogP) is 6.98. The van der Waals surface area contributed by atoms with E-state index in [1.807, 2.05) is 33.8 Å². The van der Waals surface area contributed by atoms with Crippen LogP contribution in [0, 0.1) is 20.8 Å². The quantitative estimate of drug-likeness (QED) is 0.244. The van der Waals surface area contributed by atoms with Gasteiger partial charge in [-0.3, -0.25) is 13.9 Å². The second-order valence-corrected chi connectivity index (χ2v) is 14.0. The van der Waals surface area contributed by atoms with Gasteiger partial charge in [-0.2, -0.15) is 0 Å². The third-order valence-corrected chi connectivity index (χ3v) is 10.4. The minimum absolute atomic E-state index is 0.0519. The van der Waals surface area contributed by atoms with Crippen LogP contribution in [-0.4, -0.2) is 43.8 Å². The second-order valence-electron chi connectivity index (χ2n) is 11.3. The Balaban J connectivity index is 1.77. The zero-order valence-electron chi connectivity index (χ0n) is 25.1. The molecule has 1 atom stereocenters. The molecule has 7 nitrogen and oxygen atoms in total. The second kappa shape index (κ2) is 14.1. The molecule has 1 aliphatic rings. The lowest BCUT2D eigenvalue weighted by Gasteiger charge is -2.34. The Kier molecular flexibility index (Phi) is 10.8. The lowest BCUT2D eigenvalue weighted by Crippen LogP contribution is -2.53. The summed E-state index contributed by atoms with van der Waals surface area (Å²) < 4.78 is 29.4. The first-order valence-electron chi connectivity index (χ1n) is 14.6. The number of nitrogens with one attached hydrogen (secondary N) is 1. The van der Waals surface area contributed by atoms with Crippen LogP contribution in [0.2, 0.25) is 10.0 Å². The number of carbonyl (C=O) groups is 2. The van der Waals surface area contributed by atoms with Crippen molar-refractivity contribution >= 4 is 50.7 Å². The molecule has 0 bridgehead atoms. The summed E-state index contributed by atoms with van der Waals surface area (Å²) in [5.74, 6) is -0.815. The van der Waals surface area contributed by atoms with Crippen LogP contribution in [0.3, 0.4) is 0 Å². The Morgan fingerprint density at radius 2 is 1.49 bits per heavy atom. The molecule has 230 valence electrons. The summed E-state index contributed by atoms with van der Waals surface area (Å²) in [4.78, 5) is 29.5. The van der Waals surface area contributed by atoms with Gasteiger partial charge in [-0.1, -0.05) is 72.8 Å². The standard InChI is InChI=1S/C33H39Cl2N3O4S/c1-5-31(33(40)36-25-9-6-7-10-25)37(20-28-29(34)11-8-12-30(28)35)32(39)21-38(26-18-23(3)17-24(4)19-26)43(41,42)27-15-13-22(2)14-16-27/h8,11-19,25,31H,5-7,9-10,20-21H2,1-4H3,(H,36,40)/t31-/m1/s1. The highest BCUT2D eigenvalue weighted by molar-refractivity contribution is 7.92. The van der Waals surface area contributed by atoms with Gasteiger partial charge in [0.1, 0.15) is 12.6 Å². The van der Waals surface area contributed by atoms with E-state index in [-0.39, 0.29) is 23.4 Å². The molecule has 0 saturated heterocycles. The number of amides is 2. The molecule has 43 heavy (non-hydrogen) atoms. The Morgan fingerprint density at radius 1 is 0.907 bits per heavy atom. The summed E-state index contributed by atoms with van der Waals surface area (Å²) in [7, 11) is -4.16. The number of anilines is 1. The molecule has 0 unspecified atom stereocenters. The van der Waals surface area contributed by atoms with Crippen molar-refractivity contribution in [3.8, 4) is 0 Å². The van der Waals surface area contributed by atoms with Crippen molar-refractivity contribution in [2.24, 2.45) is 0 Å². The van der Waals surface area contributed by atoms with E-state index >= 15 is 0 Å². The number of sulfonamides is 1. The van der Waals surface area contributed by atoms with Gasteiger partial charge < -0.3 is 10.2 Å². The van der Waals surface area contributed by atoms with Crippen molar-refractivity contribution in [2.45, 2.75) is 83.3 Å². The van der Waals surface area contributed by atoms with Gasteiger partial charge >= 0.3 is 0 Å². The molecular weight excluding hydrogens is 605 g/mol. The molecule has 0 aromatic heterocycles. The number of aryl methyl sites for hydroxylation is 3. The number of nitrogens with zero attached hydrogens (tertiary/aromatic N) is 2. The monoisotopic (exact) mass is 643 g/mol. The molecule has 0 heterocycles. The highest BCUT2D eigenvalue weighted by atomic mass is 35.5. The summed E-state index contributed by atoms with van der Waals surface area (Å²) in [6.07, 6.45) is 4.19. The van der Waals surface area contributed by atoms with Gasteiger partial charge in [0.15, 0.2) is 0 Å². The van der Waals surface area contributed by atoms with Crippen molar-refractivity contribution in [3.05, 3.63) is 93.0 Å². The molecule has 1 fully saturated rings. The molecular formula is C33H39Cl2N3O4S. The topological polar surface area (TPSA) is 86.8 Å². The molecule has 3 aromatic rings. The van der Waals surface area contributed by atoms with E-state index in [1.54, 1.807) is 42.5 Å². The summed E-state index contributed by atoms with van der Waals surface area (Å²) in [5.41, 5.74) is 3.48. The summed E-state index contributed by atoms with van der Waals surface area (Å²) in [5, 5.41) is 3.82. The normalized spacial score (nSPS) is 14.4. The van der Waals surface area contributed by atoms with Crippen molar-refractivity contribution in [1.82, 2.24) is 10.2 Å². The Hall–Kier alpha value is -3.07. The van der Waals surface area contributed by atoms with Crippen molar-refractivity contribution in [3.63, 3.8) is 0 Å². The van der Waals surface area contributed by atoms with Crippen molar-refractivity contribution < 1.29 is 18.0 Å². The van der Waals surface area contributed by atoms with Gasteiger partial charge in [-0.05, 0) is 87.6 Å². The maximum atomic E-state index is 14.4. The molecule has 10 heteroatoms. The van der Waals surface area contributed by atoms with E-state index in [1.165, 1.54) is 17.0 Å². The maximum Gasteiger partial charge on any atom is 0.264 e. The first-order chi connectivity index (χ1) is 20.4. The lowest BCUT2D eigenvalue weighted by atomic mass is 10.1. The van der Waals surface area contributed by atoms with E-state index in [0.29, 0.717) is 27.7 Å². The van der Waals surface area contributed by atoms with E-state index in [9.17, 15) is 18.0 Å². The van der Waals surface area contributed by atoms with Gasteiger partial charge in [0.05, 0.1) is 10.6 Å². The molecule has 2 amide bonds. The molecule has 0 aliphatic heterocycles. The molecule has 0 spiro atoms. The average Bonchev–Trinajstić information content (AvgIpc) is 3.45. The van der Waals surface area contributed by atoms with Crippen LogP contribution < -0.4 is 9.62 Å². The van der Waals surface area contributed by atoms with Gasteiger partial charge in [-0.15, -0.1) is 0 Å². The van der Waals surface area contributed by atoms with Crippen LogP contribution in [0.15, 0.2) is 65.6 Å². The average molecular weight is 645 g/mol. The zero-order chi connectivity index (χ0) is 31.3. The van der Waals surface area contributed by atoms with Crippen LogP contribution in [0.5, 0.6) is 0 Å². The summed E-state index contributed by atoms with van der Waals surface area (Å²) in [6.45, 7) is 6.88. The summed E-state index contributed by atoms with van der Waals surface area (Å²) >= 11 is 13.0. The highest BCUT2D eigenvalue weighted by Crippen LogP contribution is 2.30. The lowest BCUT2D eigenvalue weighted by molar-refractivity contribution is -0.140. The minimum atomic E-state index is -4.16. The highest BCUT2D eigenvalue weighted by Gasteiger charge is 2.35. The van der Waals surface area contributed by atoms with E-state index in [2.05, 4.69) is 5.32 Å². The van der Waals surface area contributed by atoms with Crippen LogP contribution in [-0.2, 0) is 26.2 Å². The number of rotatable bonds is 11.